The maximum atomic E-state index is 11.5. The molecule has 0 aromatic heterocycles. The maximum absolute atomic E-state index is 11.5. The summed E-state index contributed by atoms with van der Waals surface area (Å²) < 4.78 is 5.82. The highest BCUT2D eigenvalue weighted by molar-refractivity contribution is 9.10. The van der Waals surface area contributed by atoms with Crippen molar-refractivity contribution in [1.82, 2.24) is 0 Å². The van der Waals surface area contributed by atoms with Crippen LogP contribution >= 0.6 is 15.9 Å². The summed E-state index contributed by atoms with van der Waals surface area (Å²) in [4.78, 5) is 11.5. The molecule has 3 heteroatoms. The summed E-state index contributed by atoms with van der Waals surface area (Å²) in [7, 11) is 0. The highest BCUT2D eigenvalue weighted by Crippen LogP contribution is 2.19. The predicted molar refractivity (Wildman–Crippen MR) is 59.5 cm³/mol. The summed E-state index contributed by atoms with van der Waals surface area (Å²) in [6.45, 7) is 4.42. The van der Waals surface area contributed by atoms with E-state index in [-0.39, 0.29) is 5.97 Å². The normalized spacial score (nSPS) is 9.93. The SMILES string of the molecule is CCCOC(=O)c1ccc(C)cc1Br. The van der Waals surface area contributed by atoms with Crippen LogP contribution in [0.2, 0.25) is 0 Å². The van der Waals surface area contributed by atoms with Crippen molar-refractivity contribution in [2.24, 2.45) is 0 Å². The molecule has 0 saturated heterocycles. The average Bonchev–Trinajstić information content (AvgIpc) is 2.14. The smallest absolute Gasteiger partial charge is 0.339 e. The monoisotopic (exact) mass is 256 g/mol. The second-order valence-electron chi connectivity index (χ2n) is 3.12. The maximum Gasteiger partial charge on any atom is 0.339 e. The van der Waals surface area contributed by atoms with Crippen LogP contribution in [0.25, 0.3) is 0 Å². The van der Waals surface area contributed by atoms with Crippen LogP contribution in [0.15, 0.2) is 22.7 Å². The minimum absolute atomic E-state index is 0.265. The van der Waals surface area contributed by atoms with E-state index in [0.29, 0.717) is 12.2 Å². The second-order valence-corrected chi connectivity index (χ2v) is 3.97. The first-order valence-corrected chi connectivity index (χ1v) is 5.37. The summed E-state index contributed by atoms with van der Waals surface area (Å²) in [5.74, 6) is -0.265. The summed E-state index contributed by atoms with van der Waals surface area (Å²) in [5, 5.41) is 0. The number of hydrogen-bond acceptors (Lipinski definition) is 2. The van der Waals surface area contributed by atoms with Gasteiger partial charge in [-0.1, -0.05) is 13.0 Å². The zero-order valence-corrected chi connectivity index (χ0v) is 9.93. The third-order valence-corrected chi connectivity index (χ3v) is 2.44. The van der Waals surface area contributed by atoms with Gasteiger partial charge in [0, 0.05) is 4.47 Å². The van der Waals surface area contributed by atoms with Crippen LogP contribution < -0.4 is 0 Å². The van der Waals surface area contributed by atoms with E-state index in [1.54, 1.807) is 6.07 Å². The summed E-state index contributed by atoms with van der Waals surface area (Å²) in [5.41, 5.74) is 1.70. The van der Waals surface area contributed by atoms with Gasteiger partial charge in [-0.05, 0) is 47.0 Å². The van der Waals surface area contributed by atoms with Crippen molar-refractivity contribution in [3.8, 4) is 0 Å². The van der Waals surface area contributed by atoms with E-state index in [4.69, 9.17) is 4.74 Å². The first-order valence-electron chi connectivity index (χ1n) is 4.58. The summed E-state index contributed by atoms with van der Waals surface area (Å²) >= 11 is 3.34. The van der Waals surface area contributed by atoms with Gasteiger partial charge in [0.2, 0.25) is 0 Å². The minimum atomic E-state index is -0.265. The van der Waals surface area contributed by atoms with Gasteiger partial charge in [-0.2, -0.15) is 0 Å². The average molecular weight is 257 g/mol. The first kappa shape index (κ1) is 11.2. The Labute approximate surface area is 92.4 Å². The van der Waals surface area contributed by atoms with Gasteiger partial charge < -0.3 is 4.74 Å². The molecule has 1 aromatic carbocycles. The van der Waals surface area contributed by atoms with E-state index < -0.39 is 0 Å². The zero-order chi connectivity index (χ0) is 10.6. The van der Waals surface area contributed by atoms with Crippen LogP contribution in [0.4, 0.5) is 0 Å². The Balaban J connectivity index is 2.80. The third kappa shape index (κ3) is 2.84. The van der Waals surface area contributed by atoms with Gasteiger partial charge >= 0.3 is 5.97 Å². The Hall–Kier alpha value is -0.830. The van der Waals surface area contributed by atoms with Crippen molar-refractivity contribution in [3.63, 3.8) is 0 Å². The van der Waals surface area contributed by atoms with Crippen LogP contribution in [-0.2, 0) is 4.74 Å². The van der Waals surface area contributed by atoms with E-state index in [1.165, 1.54) is 0 Å². The van der Waals surface area contributed by atoms with E-state index in [0.717, 1.165) is 16.5 Å². The van der Waals surface area contributed by atoms with Crippen LogP contribution in [0.3, 0.4) is 0 Å². The Morgan fingerprint density at radius 1 is 1.50 bits per heavy atom. The second kappa shape index (κ2) is 5.15. The lowest BCUT2D eigenvalue weighted by molar-refractivity contribution is 0.0504. The molecule has 1 rings (SSSR count). The molecule has 0 atom stereocenters. The Bertz CT molecular complexity index is 334. The molecule has 0 saturated carbocycles. The fourth-order valence-electron chi connectivity index (χ4n) is 1.06. The molecule has 1 aromatic rings. The van der Waals surface area contributed by atoms with Crippen molar-refractivity contribution >= 4 is 21.9 Å². The molecule has 0 radical (unpaired) electrons. The van der Waals surface area contributed by atoms with Gasteiger partial charge in [-0.15, -0.1) is 0 Å². The lowest BCUT2D eigenvalue weighted by atomic mass is 10.1. The molecule has 0 heterocycles. The van der Waals surface area contributed by atoms with Crippen LogP contribution in [-0.4, -0.2) is 12.6 Å². The molecule has 76 valence electrons. The van der Waals surface area contributed by atoms with Gasteiger partial charge in [0.1, 0.15) is 0 Å². The predicted octanol–water partition coefficient (Wildman–Crippen LogP) is 3.32. The lowest BCUT2D eigenvalue weighted by Gasteiger charge is -2.05. The standard InChI is InChI=1S/C11H13BrO2/c1-3-6-14-11(13)9-5-4-8(2)7-10(9)12/h4-5,7H,3,6H2,1-2H3. The van der Waals surface area contributed by atoms with Gasteiger partial charge in [0.25, 0.3) is 0 Å². The molecular formula is C11H13BrO2. The molecular weight excluding hydrogens is 244 g/mol. The highest BCUT2D eigenvalue weighted by atomic mass is 79.9. The minimum Gasteiger partial charge on any atom is -0.462 e. The Kier molecular flexibility index (Phi) is 4.14. The van der Waals surface area contributed by atoms with Gasteiger partial charge in [0.05, 0.1) is 12.2 Å². The van der Waals surface area contributed by atoms with Crippen LogP contribution in [0.1, 0.15) is 29.3 Å². The van der Waals surface area contributed by atoms with Crippen molar-refractivity contribution < 1.29 is 9.53 Å². The molecule has 0 spiro atoms. The molecule has 0 fully saturated rings. The molecule has 0 amide bonds. The number of rotatable bonds is 3. The molecule has 0 bridgehead atoms. The number of carbonyl (C=O) groups excluding carboxylic acids is 1. The Morgan fingerprint density at radius 2 is 2.21 bits per heavy atom. The van der Waals surface area contributed by atoms with Crippen molar-refractivity contribution in [1.29, 1.82) is 0 Å². The first-order chi connectivity index (χ1) is 6.65. The molecule has 2 nitrogen and oxygen atoms in total. The molecule has 0 N–H and O–H groups in total. The van der Waals surface area contributed by atoms with E-state index in [9.17, 15) is 4.79 Å². The number of carbonyl (C=O) groups is 1. The molecule has 0 aliphatic carbocycles. The molecule has 0 aliphatic heterocycles. The molecule has 14 heavy (non-hydrogen) atoms. The van der Waals surface area contributed by atoms with Crippen LogP contribution in [0.5, 0.6) is 0 Å². The number of benzene rings is 1. The molecule has 0 aliphatic rings. The third-order valence-electron chi connectivity index (χ3n) is 1.78. The number of aryl methyl sites for hydroxylation is 1. The number of esters is 1. The van der Waals surface area contributed by atoms with Crippen LogP contribution in [0, 0.1) is 6.92 Å². The van der Waals surface area contributed by atoms with Gasteiger partial charge in [-0.25, -0.2) is 4.79 Å². The number of halogens is 1. The topological polar surface area (TPSA) is 26.3 Å². The summed E-state index contributed by atoms with van der Waals surface area (Å²) in [6, 6.07) is 5.58. The van der Waals surface area contributed by atoms with E-state index in [2.05, 4.69) is 15.9 Å². The van der Waals surface area contributed by atoms with Crippen molar-refractivity contribution in [3.05, 3.63) is 33.8 Å². The summed E-state index contributed by atoms with van der Waals surface area (Å²) in [6.07, 6.45) is 0.842. The number of ether oxygens (including phenoxy) is 1. The fraction of sp³-hybridized carbons (Fsp3) is 0.364. The zero-order valence-electron chi connectivity index (χ0n) is 8.34. The van der Waals surface area contributed by atoms with Crippen molar-refractivity contribution in [2.75, 3.05) is 6.61 Å². The fourth-order valence-corrected chi connectivity index (χ4v) is 1.71. The van der Waals surface area contributed by atoms with Gasteiger partial charge in [-0.3, -0.25) is 0 Å². The van der Waals surface area contributed by atoms with Gasteiger partial charge in [0.15, 0.2) is 0 Å². The van der Waals surface area contributed by atoms with E-state index in [1.807, 2.05) is 26.0 Å². The quantitative estimate of drug-likeness (QED) is 0.776. The largest absolute Gasteiger partial charge is 0.462 e. The highest BCUT2D eigenvalue weighted by Gasteiger charge is 2.10. The van der Waals surface area contributed by atoms with E-state index >= 15 is 0 Å². The lowest BCUT2D eigenvalue weighted by Crippen LogP contribution is -2.06. The van der Waals surface area contributed by atoms with Crippen molar-refractivity contribution in [2.45, 2.75) is 20.3 Å². The molecule has 0 unspecified atom stereocenters. The number of hydrogen-bond donors (Lipinski definition) is 0. The Morgan fingerprint density at radius 3 is 2.79 bits per heavy atom.